The van der Waals surface area contributed by atoms with Gasteiger partial charge in [-0.15, -0.1) is 0 Å². The zero-order valence-electron chi connectivity index (χ0n) is 12.4. The van der Waals surface area contributed by atoms with Crippen molar-refractivity contribution < 1.29 is 4.79 Å². The molecule has 0 bridgehead atoms. The van der Waals surface area contributed by atoms with E-state index in [0.29, 0.717) is 18.0 Å². The van der Waals surface area contributed by atoms with E-state index in [1.54, 1.807) is 0 Å². The van der Waals surface area contributed by atoms with Crippen molar-refractivity contribution in [1.82, 2.24) is 10.6 Å². The van der Waals surface area contributed by atoms with Gasteiger partial charge in [0.05, 0.1) is 6.04 Å². The first kappa shape index (κ1) is 13.6. The zero-order chi connectivity index (χ0) is 14.1. The van der Waals surface area contributed by atoms with Crippen LogP contribution in [0.5, 0.6) is 0 Å². The van der Waals surface area contributed by atoms with Crippen molar-refractivity contribution in [2.75, 3.05) is 0 Å². The van der Waals surface area contributed by atoms with Crippen LogP contribution in [0.15, 0.2) is 24.3 Å². The predicted molar refractivity (Wildman–Crippen MR) is 80.7 cm³/mol. The van der Waals surface area contributed by atoms with Gasteiger partial charge in [0, 0.05) is 12.1 Å². The maximum absolute atomic E-state index is 11.9. The molecule has 20 heavy (non-hydrogen) atoms. The largest absolute Gasteiger partial charge is 0.352 e. The average molecular weight is 272 g/mol. The molecular weight excluding hydrogens is 248 g/mol. The fraction of sp³-hybridized carbons (Fsp3) is 0.588. The Labute approximate surface area is 121 Å². The minimum atomic E-state index is -0.0709. The smallest absolute Gasteiger partial charge is 0.237 e. The molecule has 2 aliphatic rings. The summed E-state index contributed by atoms with van der Waals surface area (Å²) in [5.74, 6) is 0.819. The van der Waals surface area contributed by atoms with Gasteiger partial charge in [-0.1, -0.05) is 24.3 Å². The maximum Gasteiger partial charge on any atom is 0.237 e. The number of rotatable bonds is 5. The molecule has 108 valence electrons. The molecule has 2 fully saturated rings. The van der Waals surface area contributed by atoms with Crippen LogP contribution in [0, 0.1) is 6.92 Å². The van der Waals surface area contributed by atoms with Crippen molar-refractivity contribution in [2.24, 2.45) is 0 Å². The molecule has 3 nitrogen and oxygen atoms in total. The molecule has 0 heterocycles. The van der Waals surface area contributed by atoms with Crippen molar-refractivity contribution in [3.63, 3.8) is 0 Å². The van der Waals surface area contributed by atoms with Gasteiger partial charge >= 0.3 is 0 Å². The molecule has 1 aromatic rings. The first-order valence-corrected chi connectivity index (χ1v) is 7.75. The summed E-state index contributed by atoms with van der Waals surface area (Å²) in [4.78, 5) is 11.9. The highest BCUT2D eigenvalue weighted by Crippen LogP contribution is 2.38. The Morgan fingerprint density at radius 3 is 2.55 bits per heavy atom. The number of benzene rings is 1. The van der Waals surface area contributed by atoms with Crippen LogP contribution in [0.4, 0.5) is 0 Å². The minimum absolute atomic E-state index is 0.0709. The van der Waals surface area contributed by atoms with Crippen LogP contribution >= 0.6 is 0 Å². The number of carbonyl (C=O) groups is 1. The van der Waals surface area contributed by atoms with Gasteiger partial charge in [0.25, 0.3) is 0 Å². The second kappa shape index (κ2) is 5.57. The quantitative estimate of drug-likeness (QED) is 0.864. The monoisotopic (exact) mass is 272 g/mol. The van der Waals surface area contributed by atoms with Crippen molar-refractivity contribution >= 4 is 5.91 Å². The van der Waals surface area contributed by atoms with Crippen LogP contribution in [0.25, 0.3) is 0 Å². The van der Waals surface area contributed by atoms with Gasteiger partial charge < -0.3 is 10.6 Å². The molecule has 2 N–H and O–H groups in total. The first-order valence-electron chi connectivity index (χ1n) is 7.75. The van der Waals surface area contributed by atoms with E-state index in [0.717, 1.165) is 25.7 Å². The standard InChI is InChI=1S/C17H24N2O/c1-11-5-3-4-6-16(11)13-9-15(10-13)18-12(2)17(20)19-14-7-8-14/h3-6,12-15,18H,7-10H2,1-2H3,(H,19,20). The molecule has 1 aromatic carbocycles. The van der Waals surface area contributed by atoms with Gasteiger partial charge in [-0.3, -0.25) is 4.79 Å². The minimum Gasteiger partial charge on any atom is -0.352 e. The van der Waals surface area contributed by atoms with Crippen molar-refractivity contribution in [3.8, 4) is 0 Å². The molecule has 3 heteroatoms. The van der Waals surface area contributed by atoms with E-state index >= 15 is 0 Å². The summed E-state index contributed by atoms with van der Waals surface area (Å²) in [6.07, 6.45) is 4.59. The molecule has 3 rings (SSSR count). The fourth-order valence-corrected chi connectivity index (χ4v) is 3.04. The Kier molecular flexibility index (Phi) is 3.79. The summed E-state index contributed by atoms with van der Waals surface area (Å²) in [5.41, 5.74) is 2.86. The lowest BCUT2D eigenvalue weighted by Crippen LogP contribution is -2.51. The fourth-order valence-electron chi connectivity index (χ4n) is 3.04. The predicted octanol–water partition coefficient (Wildman–Crippen LogP) is 2.50. The van der Waals surface area contributed by atoms with E-state index in [2.05, 4.69) is 41.8 Å². The van der Waals surface area contributed by atoms with Gasteiger partial charge in [-0.05, 0) is 56.6 Å². The number of hydrogen-bond donors (Lipinski definition) is 2. The normalized spacial score (nSPS) is 26.7. The molecule has 2 aliphatic carbocycles. The Bertz CT molecular complexity index is 490. The third-order valence-corrected chi connectivity index (χ3v) is 4.57. The van der Waals surface area contributed by atoms with E-state index in [1.165, 1.54) is 11.1 Å². The lowest BCUT2D eigenvalue weighted by molar-refractivity contribution is -0.123. The average Bonchev–Trinajstić information content (AvgIpc) is 3.18. The van der Waals surface area contributed by atoms with Crippen LogP contribution in [-0.2, 0) is 4.79 Å². The molecule has 0 saturated heterocycles. The third-order valence-electron chi connectivity index (χ3n) is 4.57. The lowest BCUT2D eigenvalue weighted by Gasteiger charge is -2.38. The molecule has 0 radical (unpaired) electrons. The third kappa shape index (κ3) is 3.04. The van der Waals surface area contributed by atoms with Crippen molar-refractivity contribution in [3.05, 3.63) is 35.4 Å². The highest BCUT2D eigenvalue weighted by atomic mass is 16.2. The molecule has 0 aliphatic heterocycles. The van der Waals surface area contributed by atoms with Gasteiger partial charge in [0.2, 0.25) is 5.91 Å². The summed E-state index contributed by atoms with van der Waals surface area (Å²) < 4.78 is 0. The molecule has 0 aromatic heterocycles. The van der Waals surface area contributed by atoms with Gasteiger partial charge in [-0.2, -0.15) is 0 Å². The number of amides is 1. The molecule has 1 unspecified atom stereocenters. The molecule has 1 amide bonds. The van der Waals surface area contributed by atoms with Gasteiger partial charge in [-0.25, -0.2) is 0 Å². The van der Waals surface area contributed by atoms with Crippen molar-refractivity contribution in [1.29, 1.82) is 0 Å². The Balaban J connectivity index is 1.46. The van der Waals surface area contributed by atoms with E-state index in [-0.39, 0.29) is 11.9 Å². The second-order valence-electron chi connectivity index (χ2n) is 6.39. The highest BCUT2D eigenvalue weighted by Gasteiger charge is 2.33. The molecule has 2 saturated carbocycles. The number of aryl methyl sites for hydroxylation is 1. The summed E-state index contributed by atoms with van der Waals surface area (Å²) in [6.45, 7) is 4.15. The maximum atomic E-state index is 11.9. The van der Waals surface area contributed by atoms with Crippen LogP contribution in [-0.4, -0.2) is 24.0 Å². The van der Waals surface area contributed by atoms with E-state index < -0.39 is 0 Å². The Hall–Kier alpha value is -1.35. The SMILES string of the molecule is Cc1ccccc1C1CC(NC(C)C(=O)NC2CC2)C1. The highest BCUT2D eigenvalue weighted by molar-refractivity contribution is 5.81. The topological polar surface area (TPSA) is 41.1 Å². The molecular formula is C17H24N2O. The zero-order valence-corrected chi connectivity index (χ0v) is 12.4. The summed E-state index contributed by atoms with van der Waals surface area (Å²) >= 11 is 0. The van der Waals surface area contributed by atoms with Gasteiger partial charge in [0.1, 0.15) is 0 Å². The Morgan fingerprint density at radius 2 is 1.90 bits per heavy atom. The summed E-state index contributed by atoms with van der Waals surface area (Å²) in [5, 5.41) is 6.51. The Morgan fingerprint density at radius 1 is 1.20 bits per heavy atom. The number of carbonyl (C=O) groups excluding carboxylic acids is 1. The second-order valence-corrected chi connectivity index (χ2v) is 6.39. The lowest BCUT2D eigenvalue weighted by atomic mass is 9.74. The van der Waals surface area contributed by atoms with E-state index in [1.807, 2.05) is 6.92 Å². The van der Waals surface area contributed by atoms with Crippen LogP contribution in [0.1, 0.15) is 49.7 Å². The van der Waals surface area contributed by atoms with Gasteiger partial charge in [0.15, 0.2) is 0 Å². The summed E-state index contributed by atoms with van der Waals surface area (Å²) in [7, 11) is 0. The molecule has 1 atom stereocenters. The van der Waals surface area contributed by atoms with E-state index in [9.17, 15) is 4.79 Å². The van der Waals surface area contributed by atoms with Crippen LogP contribution < -0.4 is 10.6 Å². The summed E-state index contributed by atoms with van der Waals surface area (Å²) in [6, 6.07) is 9.50. The number of nitrogens with one attached hydrogen (secondary N) is 2. The van der Waals surface area contributed by atoms with Crippen LogP contribution in [0.3, 0.4) is 0 Å². The molecule has 0 spiro atoms. The van der Waals surface area contributed by atoms with Crippen LogP contribution in [0.2, 0.25) is 0 Å². The first-order chi connectivity index (χ1) is 9.63. The van der Waals surface area contributed by atoms with E-state index in [4.69, 9.17) is 0 Å². The van der Waals surface area contributed by atoms with Crippen molar-refractivity contribution in [2.45, 2.75) is 63.6 Å². The number of hydrogen-bond acceptors (Lipinski definition) is 2.